The monoisotopic (exact) mass is 313 g/mol. The largest absolute Gasteiger partial charge is 0.489 e. The fourth-order valence-corrected chi connectivity index (χ4v) is 3.65. The third-order valence-electron chi connectivity index (χ3n) is 5.13. The molecule has 0 radical (unpaired) electrons. The standard InChI is InChI=1S/C19H27N3O/c1-3-13-23-17-8-5-4-7-16(17)14-21-18(20-2)22-12-11-19(15-22)9-6-10-19/h3-5,7-8H,1,6,9-15H2,2H3,(H,20,21). The summed E-state index contributed by atoms with van der Waals surface area (Å²) in [5, 5.41) is 3.50. The lowest BCUT2D eigenvalue weighted by Gasteiger charge is -2.38. The second-order valence-corrected chi connectivity index (χ2v) is 6.63. The van der Waals surface area contributed by atoms with Crippen LogP contribution < -0.4 is 10.1 Å². The van der Waals surface area contributed by atoms with Crippen molar-refractivity contribution < 1.29 is 4.74 Å². The van der Waals surface area contributed by atoms with Crippen LogP contribution in [0.2, 0.25) is 0 Å². The van der Waals surface area contributed by atoms with Crippen molar-refractivity contribution >= 4 is 5.96 Å². The smallest absolute Gasteiger partial charge is 0.193 e. The number of hydrogen-bond acceptors (Lipinski definition) is 2. The van der Waals surface area contributed by atoms with E-state index in [9.17, 15) is 0 Å². The van der Waals surface area contributed by atoms with Gasteiger partial charge in [0.1, 0.15) is 12.4 Å². The van der Waals surface area contributed by atoms with Gasteiger partial charge in [-0.05, 0) is 30.7 Å². The Kier molecular flexibility index (Phi) is 4.89. The van der Waals surface area contributed by atoms with Crippen molar-refractivity contribution in [1.29, 1.82) is 0 Å². The Balaban J connectivity index is 1.59. The molecule has 0 amide bonds. The average Bonchev–Trinajstić information content (AvgIpc) is 3.00. The van der Waals surface area contributed by atoms with Gasteiger partial charge in [0.15, 0.2) is 5.96 Å². The number of ether oxygens (including phenoxy) is 1. The molecule has 2 aliphatic rings. The SMILES string of the molecule is C=CCOc1ccccc1CNC(=NC)N1CCC2(CCC2)C1. The molecule has 0 bridgehead atoms. The van der Waals surface area contributed by atoms with Gasteiger partial charge in [-0.1, -0.05) is 37.3 Å². The molecule has 4 nitrogen and oxygen atoms in total. The molecule has 1 saturated heterocycles. The van der Waals surface area contributed by atoms with Crippen LogP contribution in [0.25, 0.3) is 0 Å². The predicted octanol–water partition coefficient (Wildman–Crippen LogP) is 3.20. The molecule has 1 N–H and O–H groups in total. The van der Waals surface area contributed by atoms with E-state index in [1.165, 1.54) is 25.7 Å². The van der Waals surface area contributed by atoms with Gasteiger partial charge in [-0.2, -0.15) is 0 Å². The first kappa shape index (κ1) is 15.9. The zero-order valence-electron chi connectivity index (χ0n) is 14.1. The number of benzene rings is 1. The Morgan fingerprint density at radius 3 is 2.87 bits per heavy atom. The van der Waals surface area contributed by atoms with Crippen molar-refractivity contribution in [2.45, 2.75) is 32.2 Å². The number of likely N-dealkylation sites (tertiary alicyclic amines) is 1. The lowest BCUT2D eigenvalue weighted by atomic mass is 9.68. The molecule has 1 aliphatic carbocycles. The highest BCUT2D eigenvalue weighted by Crippen LogP contribution is 2.47. The molecule has 23 heavy (non-hydrogen) atoms. The summed E-state index contributed by atoms with van der Waals surface area (Å²) >= 11 is 0. The van der Waals surface area contributed by atoms with E-state index in [0.29, 0.717) is 12.0 Å². The maximum atomic E-state index is 5.73. The van der Waals surface area contributed by atoms with Crippen LogP contribution in [-0.2, 0) is 6.54 Å². The zero-order chi connectivity index (χ0) is 16.1. The third kappa shape index (κ3) is 3.52. The minimum Gasteiger partial charge on any atom is -0.489 e. The van der Waals surface area contributed by atoms with E-state index in [-0.39, 0.29) is 0 Å². The van der Waals surface area contributed by atoms with E-state index >= 15 is 0 Å². The first-order chi connectivity index (χ1) is 11.3. The molecule has 3 rings (SSSR count). The number of para-hydroxylation sites is 1. The summed E-state index contributed by atoms with van der Waals surface area (Å²) in [4.78, 5) is 6.88. The van der Waals surface area contributed by atoms with Crippen LogP contribution in [0.15, 0.2) is 41.9 Å². The predicted molar refractivity (Wildman–Crippen MR) is 94.8 cm³/mol. The average molecular weight is 313 g/mol. The van der Waals surface area contributed by atoms with Crippen LogP contribution in [-0.4, -0.2) is 37.6 Å². The summed E-state index contributed by atoms with van der Waals surface area (Å²) in [5.74, 6) is 1.92. The minimum absolute atomic E-state index is 0.528. The lowest BCUT2D eigenvalue weighted by molar-refractivity contribution is 0.151. The molecule has 2 fully saturated rings. The molecule has 1 spiro atoms. The molecule has 1 aromatic carbocycles. The highest BCUT2D eigenvalue weighted by molar-refractivity contribution is 5.80. The third-order valence-corrected chi connectivity index (χ3v) is 5.13. The zero-order valence-corrected chi connectivity index (χ0v) is 14.1. The van der Waals surface area contributed by atoms with Crippen molar-refractivity contribution in [1.82, 2.24) is 10.2 Å². The maximum Gasteiger partial charge on any atom is 0.193 e. The van der Waals surface area contributed by atoms with Crippen molar-refractivity contribution in [3.05, 3.63) is 42.5 Å². The minimum atomic E-state index is 0.528. The highest BCUT2D eigenvalue weighted by atomic mass is 16.5. The summed E-state index contributed by atoms with van der Waals surface area (Å²) in [7, 11) is 1.87. The molecule has 0 atom stereocenters. The summed E-state index contributed by atoms with van der Waals surface area (Å²) in [6.45, 7) is 7.23. The molecule has 124 valence electrons. The first-order valence-electron chi connectivity index (χ1n) is 8.53. The molecular weight excluding hydrogens is 286 g/mol. The number of guanidine groups is 1. The Hall–Kier alpha value is -1.97. The second kappa shape index (κ2) is 7.07. The molecule has 1 aromatic rings. The summed E-state index contributed by atoms with van der Waals surface area (Å²) in [6, 6.07) is 8.13. The quantitative estimate of drug-likeness (QED) is 0.515. The van der Waals surface area contributed by atoms with Gasteiger partial charge in [-0.3, -0.25) is 4.99 Å². The lowest BCUT2D eigenvalue weighted by Crippen LogP contribution is -2.42. The van der Waals surface area contributed by atoms with Gasteiger partial charge in [0.25, 0.3) is 0 Å². The van der Waals surface area contributed by atoms with Gasteiger partial charge in [0, 0.05) is 32.2 Å². The van der Waals surface area contributed by atoms with Gasteiger partial charge >= 0.3 is 0 Å². The van der Waals surface area contributed by atoms with Gasteiger partial charge in [0.2, 0.25) is 0 Å². The molecule has 1 heterocycles. The van der Waals surface area contributed by atoms with E-state index < -0.39 is 0 Å². The molecule has 1 aliphatic heterocycles. The van der Waals surface area contributed by atoms with Crippen LogP contribution in [0.4, 0.5) is 0 Å². The van der Waals surface area contributed by atoms with Crippen LogP contribution in [0.5, 0.6) is 5.75 Å². The van der Waals surface area contributed by atoms with Gasteiger partial charge in [-0.25, -0.2) is 0 Å². The summed E-state index contributed by atoms with van der Waals surface area (Å²) < 4.78 is 5.73. The number of nitrogens with one attached hydrogen (secondary N) is 1. The normalized spacial score (nSPS) is 19.5. The van der Waals surface area contributed by atoms with E-state index in [1.54, 1.807) is 6.08 Å². The van der Waals surface area contributed by atoms with Crippen molar-refractivity contribution in [3.8, 4) is 5.75 Å². The highest BCUT2D eigenvalue weighted by Gasteiger charge is 2.43. The molecule has 0 aromatic heterocycles. The number of aliphatic imine (C=N–C) groups is 1. The number of hydrogen-bond donors (Lipinski definition) is 1. The summed E-state index contributed by atoms with van der Waals surface area (Å²) in [5.41, 5.74) is 1.73. The molecule has 1 saturated carbocycles. The van der Waals surface area contributed by atoms with Crippen molar-refractivity contribution in [3.63, 3.8) is 0 Å². The Morgan fingerprint density at radius 2 is 2.22 bits per heavy atom. The number of rotatable bonds is 5. The van der Waals surface area contributed by atoms with E-state index in [1.807, 2.05) is 25.2 Å². The van der Waals surface area contributed by atoms with Crippen LogP contribution in [0.3, 0.4) is 0 Å². The van der Waals surface area contributed by atoms with Gasteiger partial charge in [0.05, 0.1) is 0 Å². The van der Waals surface area contributed by atoms with Crippen LogP contribution >= 0.6 is 0 Å². The Morgan fingerprint density at radius 1 is 1.39 bits per heavy atom. The Bertz CT molecular complexity index is 578. The van der Waals surface area contributed by atoms with E-state index in [2.05, 4.69) is 27.9 Å². The van der Waals surface area contributed by atoms with Gasteiger partial charge < -0.3 is 15.0 Å². The molecule has 4 heteroatoms. The second-order valence-electron chi connectivity index (χ2n) is 6.63. The van der Waals surface area contributed by atoms with E-state index in [4.69, 9.17) is 4.74 Å². The first-order valence-corrected chi connectivity index (χ1v) is 8.53. The van der Waals surface area contributed by atoms with Crippen molar-refractivity contribution in [2.24, 2.45) is 10.4 Å². The molecular formula is C19H27N3O. The van der Waals surface area contributed by atoms with Crippen LogP contribution in [0.1, 0.15) is 31.2 Å². The maximum absolute atomic E-state index is 5.73. The Labute approximate surface area is 139 Å². The topological polar surface area (TPSA) is 36.9 Å². The fraction of sp³-hybridized carbons (Fsp3) is 0.526. The van der Waals surface area contributed by atoms with E-state index in [0.717, 1.165) is 36.9 Å². The fourth-order valence-electron chi connectivity index (χ4n) is 3.65. The summed E-state index contributed by atoms with van der Waals surface area (Å²) in [6.07, 6.45) is 7.25. The van der Waals surface area contributed by atoms with Crippen molar-refractivity contribution in [2.75, 3.05) is 26.7 Å². The molecule has 0 unspecified atom stereocenters. The van der Waals surface area contributed by atoms with Gasteiger partial charge in [-0.15, -0.1) is 0 Å². The number of nitrogens with zero attached hydrogens (tertiary/aromatic N) is 2. The van der Waals surface area contributed by atoms with Crippen LogP contribution in [0, 0.1) is 5.41 Å².